The van der Waals surface area contributed by atoms with Crippen molar-refractivity contribution in [3.8, 4) is 0 Å². The molecule has 1 amide bonds. The first kappa shape index (κ1) is 18.2. The van der Waals surface area contributed by atoms with Crippen LogP contribution in [-0.4, -0.2) is 46.8 Å². The fraction of sp³-hybridized carbons (Fsp3) is 0.286. The number of rotatable bonds is 3. The van der Waals surface area contributed by atoms with Crippen LogP contribution in [0.2, 0.25) is 0 Å². The van der Waals surface area contributed by atoms with E-state index in [1.807, 2.05) is 12.1 Å². The van der Waals surface area contributed by atoms with E-state index in [0.29, 0.717) is 25.0 Å². The Morgan fingerprint density at radius 3 is 2.61 bits per heavy atom. The fourth-order valence-electron chi connectivity index (χ4n) is 3.55. The van der Waals surface area contributed by atoms with Crippen LogP contribution in [0, 0.1) is 5.82 Å². The molecule has 0 bridgehead atoms. The quantitative estimate of drug-likeness (QED) is 0.700. The van der Waals surface area contributed by atoms with Gasteiger partial charge in [-0.3, -0.25) is 9.59 Å². The topological polar surface area (TPSA) is 58.4 Å². The lowest BCUT2D eigenvalue weighted by atomic mass is 10.2. The molecule has 2 aromatic carbocycles. The first-order valence-electron chi connectivity index (χ1n) is 9.35. The molecule has 6 nitrogen and oxygen atoms in total. The Bertz CT molecular complexity index is 1050. The van der Waals surface area contributed by atoms with Crippen LogP contribution < -0.4 is 10.5 Å². The van der Waals surface area contributed by atoms with Crippen LogP contribution in [0.15, 0.2) is 59.5 Å². The number of nitrogens with zero attached hydrogens (tertiary/aromatic N) is 4. The van der Waals surface area contributed by atoms with Gasteiger partial charge in [-0.25, -0.2) is 9.07 Å². The molecule has 1 aliphatic rings. The van der Waals surface area contributed by atoms with E-state index in [4.69, 9.17) is 0 Å². The summed E-state index contributed by atoms with van der Waals surface area (Å²) in [5.41, 5.74) is 0.692. The molecular weight excluding hydrogens is 359 g/mol. The van der Waals surface area contributed by atoms with Crippen LogP contribution in [0.1, 0.15) is 6.42 Å². The number of hydrogen-bond donors (Lipinski definition) is 0. The van der Waals surface area contributed by atoms with E-state index in [2.05, 4.69) is 10.00 Å². The maximum absolute atomic E-state index is 13.1. The molecule has 0 N–H and O–H groups in total. The third-order valence-corrected chi connectivity index (χ3v) is 5.09. The highest BCUT2D eigenvalue weighted by molar-refractivity contribution is 5.81. The summed E-state index contributed by atoms with van der Waals surface area (Å²) in [7, 11) is 0. The number of fused-ring (bicyclic) bond motifs is 1. The number of anilines is 1. The summed E-state index contributed by atoms with van der Waals surface area (Å²) in [4.78, 5) is 29.2. The Kier molecular flexibility index (Phi) is 5.06. The highest BCUT2D eigenvalue weighted by Crippen LogP contribution is 2.17. The minimum absolute atomic E-state index is 0.0692. The molecule has 3 aromatic rings. The Balaban J connectivity index is 1.45. The molecule has 1 aliphatic heterocycles. The molecule has 0 unspecified atom stereocenters. The van der Waals surface area contributed by atoms with Crippen molar-refractivity contribution in [3.63, 3.8) is 0 Å². The largest absolute Gasteiger partial charge is 0.370 e. The summed E-state index contributed by atoms with van der Waals surface area (Å²) < 4.78 is 14.4. The zero-order valence-electron chi connectivity index (χ0n) is 15.4. The van der Waals surface area contributed by atoms with Gasteiger partial charge in [-0.2, -0.15) is 5.10 Å². The third kappa shape index (κ3) is 3.74. The van der Waals surface area contributed by atoms with Gasteiger partial charge in [0.05, 0.1) is 11.6 Å². The van der Waals surface area contributed by atoms with Crippen molar-refractivity contribution < 1.29 is 9.18 Å². The van der Waals surface area contributed by atoms with E-state index in [1.54, 1.807) is 35.4 Å². The van der Waals surface area contributed by atoms with Gasteiger partial charge >= 0.3 is 0 Å². The van der Waals surface area contributed by atoms with E-state index in [9.17, 15) is 14.0 Å². The summed E-state index contributed by atoms with van der Waals surface area (Å²) in [6, 6.07) is 13.6. The zero-order valence-corrected chi connectivity index (χ0v) is 15.4. The minimum atomic E-state index is -0.260. The number of carbonyl (C=O) groups is 1. The highest BCUT2D eigenvalue weighted by Gasteiger charge is 2.20. The highest BCUT2D eigenvalue weighted by atomic mass is 19.1. The van der Waals surface area contributed by atoms with Gasteiger partial charge in [0, 0.05) is 37.3 Å². The summed E-state index contributed by atoms with van der Waals surface area (Å²) in [5, 5.41) is 5.47. The summed E-state index contributed by atoms with van der Waals surface area (Å²) in [5.74, 6) is -0.380. The Hall–Kier alpha value is -3.22. The lowest BCUT2D eigenvalue weighted by Gasteiger charge is -2.23. The van der Waals surface area contributed by atoms with Crippen LogP contribution in [-0.2, 0) is 11.3 Å². The summed E-state index contributed by atoms with van der Waals surface area (Å²) >= 11 is 0. The van der Waals surface area contributed by atoms with Gasteiger partial charge in [0.25, 0.3) is 5.56 Å². The van der Waals surface area contributed by atoms with E-state index in [-0.39, 0.29) is 23.8 Å². The standard InChI is InChI=1S/C21H21FN4O2/c22-17-6-8-18(9-7-17)24-10-3-11-25(13-12-24)20(27)15-26-21(28)19-5-2-1-4-16(19)14-23-26/h1-2,4-9,14H,3,10-13,15H2. The van der Waals surface area contributed by atoms with Crippen LogP contribution >= 0.6 is 0 Å². The van der Waals surface area contributed by atoms with Gasteiger partial charge in [-0.05, 0) is 36.8 Å². The zero-order chi connectivity index (χ0) is 19.5. The molecule has 0 aliphatic carbocycles. The van der Waals surface area contributed by atoms with E-state index < -0.39 is 0 Å². The molecule has 0 atom stereocenters. The van der Waals surface area contributed by atoms with Crippen molar-refractivity contribution in [1.29, 1.82) is 0 Å². The molecule has 0 saturated carbocycles. The first-order valence-corrected chi connectivity index (χ1v) is 9.35. The van der Waals surface area contributed by atoms with E-state index in [1.165, 1.54) is 16.8 Å². The number of benzene rings is 2. The maximum atomic E-state index is 13.1. The van der Waals surface area contributed by atoms with Crippen molar-refractivity contribution in [1.82, 2.24) is 14.7 Å². The molecule has 28 heavy (non-hydrogen) atoms. The normalized spacial score (nSPS) is 14.9. The number of aromatic nitrogens is 2. The second-order valence-corrected chi connectivity index (χ2v) is 6.89. The Morgan fingerprint density at radius 2 is 1.79 bits per heavy atom. The fourth-order valence-corrected chi connectivity index (χ4v) is 3.55. The van der Waals surface area contributed by atoms with Crippen LogP contribution in [0.25, 0.3) is 10.8 Å². The number of carbonyl (C=O) groups excluding carboxylic acids is 1. The summed E-state index contributed by atoms with van der Waals surface area (Å²) in [6.07, 6.45) is 2.42. The molecule has 0 spiro atoms. The van der Waals surface area contributed by atoms with Crippen LogP contribution in [0.3, 0.4) is 0 Å². The SMILES string of the molecule is O=C(Cn1ncc2ccccc2c1=O)N1CCCN(c2ccc(F)cc2)CC1. The third-order valence-electron chi connectivity index (χ3n) is 5.09. The molecule has 4 rings (SSSR count). The Labute approximate surface area is 161 Å². The number of hydrogen-bond acceptors (Lipinski definition) is 4. The second-order valence-electron chi connectivity index (χ2n) is 6.89. The molecule has 2 heterocycles. The van der Waals surface area contributed by atoms with E-state index in [0.717, 1.165) is 24.0 Å². The smallest absolute Gasteiger partial charge is 0.275 e. The number of amides is 1. The van der Waals surface area contributed by atoms with Gasteiger partial charge in [0.1, 0.15) is 12.4 Å². The predicted octanol–water partition coefficient (Wildman–Crippen LogP) is 2.27. The van der Waals surface area contributed by atoms with Gasteiger partial charge in [0.15, 0.2) is 0 Å². The molecular formula is C21H21FN4O2. The summed E-state index contributed by atoms with van der Waals surface area (Å²) in [6.45, 7) is 2.57. The van der Waals surface area contributed by atoms with Crippen molar-refractivity contribution in [2.24, 2.45) is 0 Å². The monoisotopic (exact) mass is 380 g/mol. The lowest BCUT2D eigenvalue weighted by molar-refractivity contribution is -0.131. The Morgan fingerprint density at radius 1 is 1.00 bits per heavy atom. The van der Waals surface area contributed by atoms with Gasteiger partial charge in [0.2, 0.25) is 5.91 Å². The van der Waals surface area contributed by atoms with Crippen molar-refractivity contribution in [2.75, 3.05) is 31.1 Å². The van der Waals surface area contributed by atoms with Crippen molar-refractivity contribution in [2.45, 2.75) is 13.0 Å². The van der Waals surface area contributed by atoms with Gasteiger partial charge in [-0.15, -0.1) is 0 Å². The predicted molar refractivity (Wildman–Crippen MR) is 106 cm³/mol. The molecule has 0 radical (unpaired) electrons. The van der Waals surface area contributed by atoms with Crippen molar-refractivity contribution in [3.05, 3.63) is 70.9 Å². The van der Waals surface area contributed by atoms with Crippen LogP contribution in [0.5, 0.6) is 0 Å². The molecule has 1 aromatic heterocycles. The second kappa shape index (κ2) is 7.80. The molecule has 1 saturated heterocycles. The minimum Gasteiger partial charge on any atom is -0.370 e. The van der Waals surface area contributed by atoms with Crippen LogP contribution in [0.4, 0.5) is 10.1 Å². The molecule has 7 heteroatoms. The van der Waals surface area contributed by atoms with Gasteiger partial charge < -0.3 is 9.80 Å². The molecule has 144 valence electrons. The lowest BCUT2D eigenvalue weighted by Crippen LogP contribution is -2.39. The maximum Gasteiger partial charge on any atom is 0.275 e. The van der Waals surface area contributed by atoms with E-state index >= 15 is 0 Å². The van der Waals surface area contributed by atoms with Crippen molar-refractivity contribution >= 4 is 22.4 Å². The molecule has 1 fully saturated rings. The van der Waals surface area contributed by atoms with Gasteiger partial charge in [-0.1, -0.05) is 18.2 Å². The average molecular weight is 380 g/mol. The first-order chi connectivity index (χ1) is 13.6. The number of halogens is 1. The average Bonchev–Trinajstić information content (AvgIpc) is 2.97.